The summed E-state index contributed by atoms with van der Waals surface area (Å²) in [4.78, 5) is 41.0. The number of Topliss-reactive ketones (excluding diaryl/α,β-unsaturated/α-hetero) is 1. The zero-order valence-corrected chi connectivity index (χ0v) is 20.6. The quantitative estimate of drug-likeness (QED) is 0.487. The number of amides is 2. The zero-order chi connectivity index (χ0) is 28.3. The molecule has 4 rings (SSSR count). The molecular formula is C27H24F6N2O3. The fourth-order valence-corrected chi connectivity index (χ4v) is 5.15. The highest BCUT2D eigenvalue weighted by Gasteiger charge is 2.72. The Hall–Kier alpha value is -3.63. The molecular weight excluding hydrogens is 514 g/mol. The minimum atomic E-state index is -5.48. The second kappa shape index (κ2) is 8.99. The molecule has 2 aromatic rings. The highest BCUT2D eigenvalue weighted by atomic mass is 19.4. The van der Waals surface area contributed by atoms with E-state index in [4.69, 9.17) is 0 Å². The van der Waals surface area contributed by atoms with Gasteiger partial charge in [0.25, 0.3) is 11.8 Å². The molecule has 1 aliphatic carbocycles. The first-order chi connectivity index (χ1) is 17.5. The standard InChI is InChI=1S/C27H24F6N2O3/c1-15(16-8-5-4-6-9-16)35-19-13-24(2,3)14-20(36)21(19)25(23(35)38,27(31,32)33)34-22(37)17-10-7-11-18(12-17)26(28,29)30/h4-12,15H,13-14H2,1-3H3,(H,34,37)/t15-,25-/m1/s1. The van der Waals surface area contributed by atoms with Gasteiger partial charge in [-0.25, -0.2) is 0 Å². The smallest absolute Gasteiger partial charge is 0.326 e. The van der Waals surface area contributed by atoms with E-state index in [1.165, 1.54) is 6.92 Å². The van der Waals surface area contributed by atoms with Gasteiger partial charge in [-0.2, -0.15) is 26.3 Å². The maximum Gasteiger partial charge on any atom is 0.425 e. The van der Waals surface area contributed by atoms with Crippen LogP contribution in [0.25, 0.3) is 0 Å². The van der Waals surface area contributed by atoms with Gasteiger partial charge in [0, 0.05) is 17.7 Å². The van der Waals surface area contributed by atoms with Crippen LogP contribution in [0.1, 0.15) is 61.1 Å². The molecule has 1 N–H and O–H groups in total. The third kappa shape index (κ3) is 4.48. The zero-order valence-electron chi connectivity index (χ0n) is 20.6. The third-order valence-electron chi connectivity index (χ3n) is 6.91. The number of benzene rings is 2. The van der Waals surface area contributed by atoms with Gasteiger partial charge < -0.3 is 10.2 Å². The number of nitrogens with one attached hydrogen (secondary N) is 1. The summed E-state index contributed by atoms with van der Waals surface area (Å²) < 4.78 is 84.4. The van der Waals surface area contributed by atoms with Gasteiger partial charge in [-0.15, -0.1) is 0 Å². The lowest BCUT2D eigenvalue weighted by atomic mass is 9.72. The number of hydrogen-bond acceptors (Lipinski definition) is 3. The molecule has 0 unspecified atom stereocenters. The first kappa shape index (κ1) is 27.4. The van der Waals surface area contributed by atoms with E-state index in [9.17, 15) is 40.7 Å². The van der Waals surface area contributed by atoms with Gasteiger partial charge in [-0.1, -0.05) is 50.2 Å². The Balaban J connectivity index is 1.89. The number of hydrogen-bond donors (Lipinski definition) is 1. The SMILES string of the molecule is C[C@H](c1ccccc1)N1C(=O)[C@@](NC(=O)c2cccc(C(F)(F)F)c2)(C(F)(F)F)C2=C1CC(C)(C)CC2=O. The van der Waals surface area contributed by atoms with Crippen molar-refractivity contribution in [2.75, 3.05) is 0 Å². The number of rotatable bonds is 4. The van der Waals surface area contributed by atoms with Crippen molar-refractivity contribution in [2.45, 2.75) is 57.5 Å². The molecule has 38 heavy (non-hydrogen) atoms. The molecule has 11 heteroatoms. The minimum Gasteiger partial charge on any atom is -0.326 e. The van der Waals surface area contributed by atoms with Crippen molar-refractivity contribution in [1.82, 2.24) is 10.2 Å². The number of alkyl halides is 6. The van der Waals surface area contributed by atoms with Crippen molar-refractivity contribution in [3.63, 3.8) is 0 Å². The summed E-state index contributed by atoms with van der Waals surface area (Å²) in [5.74, 6) is -4.12. The van der Waals surface area contributed by atoms with E-state index in [0.717, 1.165) is 17.0 Å². The minimum absolute atomic E-state index is 0.0613. The van der Waals surface area contributed by atoms with Crippen LogP contribution in [0.3, 0.4) is 0 Å². The number of carbonyl (C=O) groups is 3. The van der Waals surface area contributed by atoms with Crippen molar-refractivity contribution in [2.24, 2.45) is 5.41 Å². The van der Waals surface area contributed by atoms with E-state index in [1.807, 2.05) is 0 Å². The topological polar surface area (TPSA) is 66.5 Å². The highest BCUT2D eigenvalue weighted by Crippen LogP contribution is 2.53. The molecule has 0 fully saturated rings. The first-order valence-corrected chi connectivity index (χ1v) is 11.7. The summed E-state index contributed by atoms with van der Waals surface area (Å²) in [6.07, 6.45) is -10.7. The van der Waals surface area contributed by atoms with E-state index < -0.39 is 63.6 Å². The Bertz CT molecular complexity index is 1330. The Morgan fingerprint density at radius 1 is 0.947 bits per heavy atom. The molecule has 2 amide bonds. The molecule has 1 aliphatic heterocycles. The maximum absolute atomic E-state index is 15.0. The van der Waals surface area contributed by atoms with Crippen LogP contribution in [0.2, 0.25) is 0 Å². The molecule has 5 nitrogen and oxygen atoms in total. The van der Waals surface area contributed by atoms with Crippen molar-refractivity contribution in [3.05, 3.63) is 82.6 Å². The number of ketones is 1. The fraction of sp³-hybridized carbons (Fsp3) is 0.370. The molecule has 2 atom stereocenters. The van der Waals surface area contributed by atoms with Crippen molar-refractivity contribution in [1.29, 1.82) is 0 Å². The lowest BCUT2D eigenvalue weighted by Gasteiger charge is -2.35. The second-order valence-electron chi connectivity index (χ2n) is 10.3. The normalized spacial score (nSPS) is 22.4. The monoisotopic (exact) mass is 538 g/mol. The van der Waals surface area contributed by atoms with Gasteiger partial charge in [0.15, 0.2) is 5.78 Å². The molecule has 0 radical (unpaired) electrons. The summed E-state index contributed by atoms with van der Waals surface area (Å²) in [6, 6.07) is 10.1. The fourth-order valence-electron chi connectivity index (χ4n) is 5.15. The molecule has 2 aromatic carbocycles. The highest BCUT2D eigenvalue weighted by molar-refractivity contribution is 6.14. The summed E-state index contributed by atoms with van der Waals surface area (Å²) >= 11 is 0. The number of carbonyl (C=O) groups excluding carboxylic acids is 3. The summed E-state index contributed by atoms with van der Waals surface area (Å²) in [5.41, 5.74) is -7.09. The van der Waals surface area contributed by atoms with E-state index in [1.54, 1.807) is 49.5 Å². The lowest BCUT2D eigenvalue weighted by molar-refractivity contribution is -0.191. The average molecular weight is 538 g/mol. The van der Waals surface area contributed by atoms with Crippen LogP contribution in [0.15, 0.2) is 65.9 Å². The Morgan fingerprint density at radius 3 is 2.16 bits per heavy atom. The van der Waals surface area contributed by atoms with Crippen LogP contribution >= 0.6 is 0 Å². The van der Waals surface area contributed by atoms with Crippen LogP contribution in [-0.4, -0.2) is 34.2 Å². The van der Waals surface area contributed by atoms with Crippen molar-refractivity contribution < 1.29 is 40.7 Å². The molecule has 0 aromatic heterocycles. The van der Waals surface area contributed by atoms with Gasteiger partial charge >= 0.3 is 12.4 Å². The Labute approximate surface area is 214 Å². The Kier molecular flexibility index (Phi) is 6.48. The van der Waals surface area contributed by atoms with Crippen molar-refractivity contribution in [3.8, 4) is 0 Å². The van der Waals surface area contributed by atoms with Gasteiger partial charge in [0.2, 0.25) is 5.54 Å². The van der Waals surface area contributed by atoms with Crippen LogP contribution in [0.4, 0.5) is 26.3 Å². The largest absolute Gasteiger partial charge is 0.425 e. The summed E-state index contributed by atoms with van der Waals surface area (Å²) in [5, 5.41) is 1.67. The average Bonchev–Trinajstić information content (AvgIpc) is 3.06. The number of halogens is 6. The molecule has 0 spiro atoms. The Morgan fingerprint density at radius 2 is 1.58 bits per heavy atom. The predicted molar refractivity (Wildman–Crippen MR) is 124 cm³/mol. The maximum atomic E-state index is 15.0. The van der Waals surface area contributed by atoms with Gasteiger partial charge in [0.05, 0.1) is 17.2 Å². The van der Waals surface area contributed by atoms with E-state index in [0.29, 0.717) is 17.7 Å². The molecule has 2 aliphatic rings. The van der Waals surface area contributed by atoms with Crippen LogP contribution in [0, 0.1) is 5.41 Å². The predicted octanol–water partition coefficient (Wildman–Crippen LogP) is 5.98. The van der Waals surface area contributed by atoms with Gasteiger partial charge in [-0.3, -0.25) is 14.4 Å². The summed E-state index contributed by atoms with van der Waals surface area (Å²) in [6.45, 7) is 4.86. The summed E-state index contributed by atoms with van der Waals surface area (Å²) in [7, 11) is 0. The van der Waals surface area contributed by atoms with E-state index in [-0.39, 0.29) is 18.5 Å². The van der Waals surface area contributed by atoms with E-state index in [2.05, 4.69) is 0 Å². The molecule has 1 heterocycles. The van der Waals surface area contributed by atoms with E-state index >= 15 is 0 Å². The van der Waals surface area contributed by atoms with Crippen LogP contribution in [-0.2, 0) is 15.8 Å². The number of allylic oxidation sites excluding steroid dienone is 1. The van der Waals surface area contributed by atoms with Gasteiger partial charge in [0.1, 0.15) is 0 Å². The van der Waals surface area contributed by atoms with Crippen LogP contribution in [0.5, 0.6) is 0 Å². The molecule has 0 bridgehead atoms. The molecule has 0 saturated carbocycles. The molecule has 0 saturated heterocycles. The second-order valence-corrected chi connectivity index (χ2v) is 10.3. The first-order valence-electron chi connectivity index (χ1n) is 11.7. The number of nitrogens with zero attached hydrogens (tertiary/aromatic N) is 1. The third-order valence-corrected chi connectivity index (χ3v) is 6.91. The van der Waals surface area contributed by atoms with Crippen molar-refractivity contribution >= 4 is 17.6 Å². The lowest BCUT2D eigenvalue weighted by Crippen LogP contribution is -2.66. The molecule has 202 valence electrons. The van der Waals surface area contributed by atoms with Gasteiger partial charge in [-0.05, 0) is 42.5 Å². The van der Waals surface area contributed by atoms with Crippen LogP contribution < -0.4 is 5.32 Å².